The number of carbonyl (C=O) groups excluding carboxylic acids is 1. The summed E-state index contributed by atoms with van der Waals surface area (Å²) in [4.78, 5) is 19.3. The SMILES string of the molecule is COCCN(C(=O)c1sc(NCC(C)C)nc1N)C1CC1. The highest BCUT2D eigenvalue weighted by atomic mass is 32.1. The number of anilines is 2. The molecule has 1 fully saturated rings. The fourth-order valence-corrected chi connectivity index (χ4v) is 2.86. The number of ether oxygens (including phenoxy) is 1. The van der Waals surface area contributed by atoms with Gasteiger partial charge >= 0.3 is 0 Å². The number of thiazole rings is 1. The number of methoxy groups -OCH3 is 1. The van der Waals surface area contributed by atoms with Crippen molar-refractivity contribution in [3.8, 4) is 0 Å². The summed E-state index contributed by atoms with van der Waals surface area (Å²) in [7, 11) is 1.64. The van der Waals surface area contributed by atoms with Gasteiger partial charge in [0.05, 0.1) is 6.61 Å². The highest BCUT2D eigenvalue weighted by molar-refractivity contribution is 7.18. The molecule has 0 aliphatic heterocycles. The minimum atomic E-state index is -0.0258. The van der Waals surface area contributed by atoms with Crippen molar-refractivity contribution in [2.24, 2.45) is 5.92 Å². The molecule has 3 N–H and O–H groups in total. The van der Waals surface area contributed by atoms with Gasteiger partial charge in [-0.2, -0.15) is 0 Å². The lowest BCUT2D eigenvalue weighted by Crippen LogP contribution is -2.35. The van der Waals surface area contributed by atoms with Gasteiger partial charge in [0.25, 0.3) is 5.91 Å². The number of nitrogens with one attached hydrogen (secondary N) is 1. The smallest absolute Gasteiger partial charge is 0.268 e. The molecule has 0 radical (unpaired) electrons. The second-order valence-corrected chi connectivity index (χ2v) is 6.73. The van der Waals surface area contributed by atoms with Crippen molar-refractivity contribution >= 4 is 28.2 Å². The molecule has 1 aromatic heterocycles. The monoisotopic (exact) mass is 312 g/mol. The van der Waals surface area contributed by atoms with Gasteiger partial charge in [-0.05, 0) is 18.8 Å². The predicted molar refractivity (Wildman–Crippen MR) is 85.8 cm³/mol. The largest absolute Gasteiger partial charge is 0.383 e. The lowest BCUT2D eigenvalue weighted by molar-refractivity contribution is 0.0685. The van der Waals surface area contributed by atoms with Crippen molar-refractivity contribution in [1.29, 1.82) is 0 Å². The van der Waals surface area contributed by atoms with Crippen molar-refractivity contribution in [1.82, 2.24) is 9.88 Å². The molecule has 0 atom stereocenters. The normalized spacial score (nSPS) is 14.5. The summed E-state index contributed by atoms with van der Waals surface area (Å²) < 4.78 is 5.09. The number of hydrogen-bond donors (Lipinski definition) is 2. The first-order valence-electron chi connectivity index (χ1n) is 7.33. The summed E-state index contributed by atoms with van der Waals surface area (Å²) in [6, 6.07) is 0.334. The molecule has 1 aliphatic rings. The highest BCUT2D eigenvalue weighted by Gasteiger charge is 2.34. The molecule has 1 heterocycles. The molecule has 6 nitrogen and oxygen atoms in total. The summed E-state index contributed by atoms with van der Waals surface area (Å²) in [5.74, 6) is 0.806. The Morgan fingerprint density at radius 2 is 2.29 bits per heavy atom. The zero-order chi connectivity index (χ0) is 15.4. The van der Waals surface area contributed by atoms with Crippen LogP contribution in [0.25, 0.3) is 0 Å². The summed E-state index contributed by atoms with van der Waals surface area (Å²) in [5.41, 5.74) is 5.92. The maximum Gasteiger partial charge on any atom is 0.268 e. The van der Waals surface area contributed by atoms with Crippen LogP contribution in [-0.2, 0) is 4.74 Å². The van der Waals surface area contributed by atoms with E-state index in [2.05, 4.69) is 24.1 Å². The molecule has 2 rings (SSSR count). The number of carbonyl (C=O) groups is 1. The zero-order valence-corrected chi connectivity index (χ0v) is 13.7. The van der Waals surface area contributed by atoms with E-state index < -0.39 is 0 Å². The molecule has 0 unspecified atom stereocenters. The average Bonchev–Trinajstić information content (AvgIpc) is 3.20. The Morgan fingerprint density at radius 1 is 1.57 bits per heavy atom. The first-order chi connectivity index (χ1) is 10.0. The number of rotatable bonds is 8. The molecule has 7 heteroatoms. The minimum Gasteiger partial charge on any atom is -0.383 e. The van der Waals surface area contributed by atoms with Crippen LogP contribution in [0.2, 0.25) is 0 Å². The summed E-state index contributed by atoms with van der Waals surface area (Å²) in [6.07, 6.45) is 2.12. The molecule has 0 bridgehead atoms. The molecule has 0 saturated heterocycles. The molecule has 1 aliphatic carbocycles. The third-order valence-corrected chi connectivity index (χ3v) is 4.31. The molecule has 21 heavy (non-hydrogen) atoms. The topological polar surface area (TPSA) is 80.5 Å². The van der Waals surface area contributed by atoms with Crippen LogP contribution in [0.3, 0.4) is 0 Å². The van der Waals surface area contributed by atoms with Gasteiger partial charge in [0.15, 0.2) is 5.13 Å². The van der Waals surface area contributed by atoms with Crippen LogP contribution in [0.4, 0.5) is 10.9 Å². The lowest BCUT2D eigenvalue weighted by atomic mass is 10.2. The molecule has 1 aromatic rings. The van der Waals surface area contributed by atoms with Gasteiger partial charge in [-0.3, -0.25) is 4.79 Å². The molecule has 118 valence electrons. The predicted octanol–water partition coefficient (Wildman–Crippen LogP) is 2.04. The van der Waals surface area contributed by atoms with Crippen LogP contribution in [0.15, 0.2) is 0 Å². The van der Waals surface area contributed by atoms with E-state index in [-0.39, 0.29) is 5.91 Å². The van der Waals surface area contributed by atoms with Crippen LogP contribution in [-0.4, -0.2) is 48.6 Å². The van der Waals surface area contributed by atoms with E-state index in [9.17, 15) is 4.79 Å². The van der Waals surface area contributed by atoms with E-state index >= 15 is 0 Å². The van der Waals surface area contributed by atoms with E-state index in [4.69, 9.17) is 10.5 Å². The Hall–Kier alpha value is -1.34. The maximum atomic E-state index is 12.6. The Labute approximate surface area is 129 Å². The molecule has 1 saturated carbocycles. The number of hydrogen-bond acceptors (Lipinski definition) is 6. The minimum absolute atomic E-state index is 0.0258. The van der Waals surface area contributed by atoms with E-state index in [0.717, 1.165) is 19.4 Å². The van der Waals surface area contributed by atoms with Crippen molar-refractivity contribution in [3.63, 3.8) is 0 Å². The number of nitrogens with two attached hydrogens (primary N) is 1. The van der Waals surface area contributed by atoms with E-state index in [0.29, 0.717) is 40.9 Å². The molecular weight excluding hydrogens is 288 g/mol. The van der Waals surface area contributed by atoms with Crippen LogP contribution in [0.5, 0.6) is 0 Å². The number of aromatic nitrogens is 1. The lowest BCUT2D eigenvalue weighted by Gasteiger charge is -2.21. The van der Waals surface area contributed by atoms with Crippen LogP contribution < -0.4 is 11.1 Å². The van der Waals surface area contributed by atoms with E-state index in [1.54, 1.807) is 7.11 Å². The van der Waals surface area contributed by atoms with Gasteiger partial charge in [-0.25, -0.2) is 4.98 Å². The highest BCUT2D eigenvalue weighted by Crippen LogP contribution is 2.32. The first kappa shape index (κ1) is 16.0. The standard InChI is InChI=1S/C14H24N4O2S/c1-9(2)8-16-14-17-12(15)11(21-14)13(19)18(6-7-20-3)10-4-5-10/h9-10H,4-8,15H2,1-3H3,(H,16,17). The van der Waals surface area contributed by atoms with Crippen molar-refractivity contribution in [3.05, 3.63) is 4.88 Å². The van der Waals surface area contributed by atoms with Crippen LogP contribution >= 0.6 is 11.3 Å². The van der Waals surface area contributed by atoms with Gasteiger partial charge in [0, 0.05) is 26.2 Å². The van der Waals surface area contributed by atoms with Gasteiger partial charge < -0.3 is 20.7 Å². The number of nitrogens with zero attached hydrogens (tertiary/aromatic N) is 2. The van der Waals surface area contributed by atoms with Crippen molar-refractivity contribution in [2.75, 3.05) is 37.9 Å². The Kier molecular flexibility index (Phi) is 5.41. The van der Waals surface area contributed by atoms with Crippen molar-refractivity contribution in [2.45, 2.75) is 32.7 Å². The third kappa shape index (κ3) is 4.31. The van der Waals surface area contributed by atoms with E-state index in [1.807, 2.05) is 4.90 Å². The van der Waals surface area contributed by atoms with Crippen molar-refractivity contribution < 1.29 is 9.53 Å². The average molecular weight is 312 g/mol. The fraction of sp³-hybridized carbons (Fsp3) is 0.714. The number of nitrogen functional groups attached to an aromatic ring is 1. The number of amides is 1. The summed E-state index contributed by atoms with van der Waals surface area (Å²) >= 11 is 1.34. The zero-order valence-electron chi connectivity index (χ0n) is 12.9. The molecule has 0 aromatic carbocycles. The maximum absolute atomic E-state index is 12.6. The van der Waals surface area contributed by atoms with Crippen LogP contribution in [0, 0.1) is 5.92 Å². The Balaban J connectivity index is 2.06. The second-order valence-electron chi connectivity index (χ2n) is 5.73. The fourth-order valence-electron chi connectivity index (χ4n) is 2.01. The first-order valence-corrected chi connectivity index (χ1v) is 8.14. The summed E-state index contributed by atoms with van der Waals surface area (Å²) in [6.45, 7) is 6.20. The molecular formula is C14H24N4O2S. The third-order valence-electron chi connectivity index (χ3n) is 3.29. The summed E-state index contributed by atoms with van der Waals surface area (Å²) in [5, 5.41) is 3.93. The molecule has 1 amide bonds. The Morgan fingerprint density at radius 3 is 2.86 bits per heavy atom. The van der Waals surface area contributed by atoms with Gasteiger partial charge in [-0.1, -0.05) is 25.2 Å². The second kappa shape index (κ2) is 7.09. The van der Waals surface area contributed by atoms with Gasteiger partial charge in [0.1, 0.15) is 10.7 Å². The molecule has 0 spiro atoms. The quantitative estimate of drug-likeness (QED) is 0.768. The van der Waals surface area contributed by atoms with Gasteiger partial charge in [-0.15, -0.1) is 0 Å². The Bertz CT molecular complexity index is 485. The van der Waals surface area contributed by atoms with E-state index in [1.165, 1.54) is 11.3 Å². The van der Waals surface area contributed by atoms with Crippen LogP contribution in [0.1, 0.15) is 36.4 Å². The van der Waals surface area contributed by atoms with Gasteiger partial charge in [0.2, 0.25) is 0 Å².